The maximum Gasteiger partial charge on any atom is 0.127 e. The van der Waals surface area contributed by atoms with Gasteiger partial charge in [-0.05, 0) is 52.4 Å². The molecular formula is C14H8F2INS. The van der Waals surface area contributed by atoms with Gasteiger partial charge in [0, 0.05) is 21.4 Å². The van der Waals surface area contributed by atoms with E-state index in [0.717, 1.165) is 20.2 Å². The molecule has 0 aromatic heterocycles. The van der Waals surface area contributed by atoms with E-state index in [0.29, 0.717) is 11.4 Å². The topological polar surface area (TPSA) is 12.4 Å². The number of fused-ring (bicyclic) bond motifs is 1. The van der Waals surface area contributed by atoms with Crippen LogP contribution >= 0.6 is 34.4 Å². The molecule has 1 aliphatic heterocycles. The number of benzene rings is 2. The van der Waals surface area contributed by atoms with Gasteiger partial charge in [-0.2, -0.15) is 0 Å². The first kappa shape index (κ1) is 13.1. The predicted molar refractivity (Wildman–Crippen MR) is 81.2 cm³/mol. The van der Waals surface area contributed by atoms with Gasteiger partial charge >= 0.3 is 0 Å². The van der Waals surface area contributed by atoms with Crippen molar-refractivity contribution in [3.05, 3.63) is 59.2 Å². The second-order valence-electron chi connectivity index (χ2n) is 4.13. The molecule has 2 aromatic rings. The summed E-state index contributed by atoms with van der Waals surface area (Å²) in [7, 11) is 0. The van der Waals surface area contributed by atoms with Crippen molar-refractivity contribution in [1.29, 1.82) is 0 Å². The Morgan fingerprint density at radius 3 is 2.47 bits per heavy atom. The van der Waals surface area contributed by atoms with Crippen LogP contribution in [-0.4, -0.2) is 3.72 Å². The van der Waals surface area contributed by atoms with Crippen LogP contribution in [0.2, 0.25) is 0 Å². The molecule has 0 N–H and O–H groups in total. The van der Waals surface area contributed by atoms with Gasteiger partial charge in [0.05, 0.1) is 6.54 Å². The fourth-order valence-electron chi connectivity index (χ4n) is 1.91. The van der Waals surface area contributed by atoms with Crippen LogP contribution in [0, 0.1) is 11.6 Å². The van der Waals surface area contributed by atoms with Gasteiger partial charge in [-0.15, -0.1) is 0 Å². The van der Waals surface area contributed by atoms with E-state index in [1.165, 1.54) is 29.5 Å². The van der Waals surface area contributed by atoms with Crippen LogP contribution in [-0.2, 0) is 6.54 Å². The van der Waals surface area contributed by atoms with Crippen LogP contribution in [0.5, 0.6) is 0 Å². The zero-order valence-electron chi connectivity index (χ0n) is 9.66. The maximum absolute atomic E-state index is 13.1. The average molecular weight is 387 g/mol. The quantitative estimate of drug-likeness (QED) is 0.674. The molecule has 0 spiro atoms. The lowest BCUT2D eigenvalue weighted by molar-refractivity contribution is 0.577. The first-order valence-corrected chi connectivity index (χ1v) is 7.48. The molecular weight excluding hydrogens is 379 g/mol. The monoisotopic (exact) mass is 387 g/mol. The minimum atomic E-state index is -0.556. The summed E-state index contributed by atoms with van der Waals surface area (Å²) in [6, 6.07) is 9.53. The third-order valence-electron chi connectivity index (χ3n) is 2.76. The van der Waals surface area contributed by atoms with E-state index >= 15 is 0 Å². The molecule has 5 heteroatoms. The summed E-state index contributed by atoms with van der Waals surface area (Å²) in [5.74, 6) is -1.11. The van der Waals surface area contributed by atoms with Crippen LogP contribution in [0.1, 0.15) is 11.1 Å². The molecule has 0 fully saturated rings. The summed E-state index contributed by atoms with van der Waals surface area (Å²) in [6.07, 6.45) is 0. The fourth-order valence-corrected chi connectivity index (χ4v) is 3.51. The van der Waals surface area contributed by atoms with Gasteiger partial charge < -0.3 is 0 Å². The predicted octanol–water partition coefficient (Wildman–Crippen LogP) is 4.81. The highest BCUT2D eigenvalue weighted by molar-refractivity contribution is 14.1. The number of nitrogens with zero attached hydrogens (tertiary/aromatic N) is 1. The number of hydrogen-bond acceptors (Lipinski definition) is 2. The van der Waals surface area contributed by atoms with Crippen molar-refractivity contribution < 1.29 is 8.78 Å². The molecule has 96 valence electrons. The van der Waals surface area contributed by atoms with Crippen molar-refractivity contribution in [2.45, 2.75) is 16.3 Å². The van der Waals surface area contributed by atoms with E-state index < -0.39 is 11.6 Å². The first-order chi connectivity index (χ1) is 9.11. The molecule has 3 rings (SSSR count). The molecule has 0 bridgehead atoms. The van der Waals surface area contributed by atoms with Crippen LogP contribution in [0.4, 0.5) is 8.78 Å². The molecule has 0 amide bonds. The molecule has 1 aliphatic rings. The Balaban J connectivity index is 1.92. The van der Waals surface area contributed by atoms with Gasteiger partial charge in [-0.25, -0.2) is 8.78 Å². The highest BCUT2D eigenvalue weighted by Gasteiger charge is 2.14. The Morgan fingerprint density at radius 2 is 1.74 bits per heavy atom. The maximum atomic E-state index is 13.1. The van der Waals surface area contributed by atoms with Gasteiger partial charge in [-0.3, -0.25) is 4.99 Å². The molecule has 0 saturated heterocycles. The molecule has 19 heavy (non-hydrogen) atoms. The van der Waals surface area contributed by atoms with Crippen LogP contribution < -0.4 is 0 Å². The zero-order valence-corrected chi connectivity index (χ0v) is 12.6. The van der Waals surface area contributed by atoms with E-state index in [9.17, 15) is 8.78 Å². The van der Waals surface area contributed by atoms with Gasteiger partial charge in [0.25, 0.3) is 0 Å². The Labute approximate surface area is 127 Å². The summed E-state index contributed by atoms with van der Waals surface area (Å²) in [4.78, 5) is 5.87. The number of rotatable bonds is 2. The van der Waals surface area contributed by atoms with Crippen molar-refractivity contribution in [3.63, 3.8) is 0 Å². The molecule has 1 heterocycles. The lowest BCUT2D eigenvalue weighted by Crippen LogP contribution is -1.89. The van der Waals surface area contributed by atoms with Gasteiger partial charge in [0.1, 0.15) is 15.4 Å². The molecule has 2 aromatic carbocycles. The SMILES string of the molecule is Fc1cc(F)cc(Sc2ccc3c(c2)C(I)=NC3)c1. The standard InChI is InChI=1S/C14H8F2INS/c15-9-3-10(16)5-12(4-9)19-11-2-1-8-7-18-14(17)13(8)6-11/h1-6H,7H2. The largest absolute Gasteiger partial charge is 0.273 e. The van der Waals surface area contributed by atoms with Gasteiger partial charge in [-0.1, -0.05) is 17.8 Å². The van der Waals surface area contributed by atoms with Crippen molar-refractivity contribution >= 4 is 38.1 Å². The van der Waals surface area contributed by atoms with E-state index in [4.69, 9.17) is 0 Å². The van der Waals surface area contributed by atoms with Gasteiger partial charge in [0.15, 0.2) is 0 Å². The summed E-state index contributed by atoms with van der Waals surface area (Å²) in [5, 5.41) is 0. The van der Waals surface area contributed by atoms with E-state index in [2.05, 4.69) is 27.6 Å². The summed E-state index contributed by atoms with van der Waals surface area (Å²) < 4.78 is 27.3. The minimum Gasteiger partial charge on any atom is -0.273 e. The van der Waals surface area contributed by atoms with Crippen molar-refractivity contribution in [3.8, 4) is 0 Å². The Morgan fingerprint density at radius 1 is 1.00 bits per heavy atom. The van der Waals surface area contributed by atoms with E-state index in [1.807, 2.05) is 18.2 Å². The summed E-state index contributed by atoms with van der Waals surface area (Å²) in [5.41, 5.74) is 2.31. The zero-order chi connectivity index (χ0) is 13.4. The molecule has 0 saturated carbocycles. The molecule has 0 radical (unpaired) electrons. The smallest absolute Gasteiger partial charge is 0.127 e. The van der Waals surface area contributed by atoms with Crippen LogP contribution in [0.25, 0.3) is 0 Å². The number of aliphatic imine (C=N–C) groups is 1. The first-order valence-electron chi connectivity index (χ1n) is 5.59. The van der Waals surface area contributed by atoms with Crippen molar-refractivity contribution in [1.82, 2.24) is 0 Å². The molecule has 0 aliphatic carbocycles. The fraction of sp³-hybridized carbons (Fsp3) is 0.0714. The highest BCUT2D eigenvalue weighted by atomic mass is 127. The molecule has 1 nitrogen and oxygen atoms in total. The Kier molecular flexibility index (Phi) is 3.58. The number of halogens is 3. The number of hydrogen-bond donors (Lipinski definition) is 0. The van der Waals surface area contributed by atoms with E-state index in [1.54, 1.807) is 0 Å². The highest BCUT2D eigenvalue weighted by Crippen LogP contribution is 2.32. The van der Waals surface area contributed by atoms with Crippen molar-refractivity contribution in [2.75, 3.05) is 0 Å². The second-order valence-corrected chi connectivity index (χ2v) is 6.30. The third kappa shape index (κ3) is 2.81. The average Bonchev–Trinajstić information content (AvgIpc) is 2.70. The van der Waals surface area contributed by atoms with Crippen molar-refractivity contribution in [2.24, 2.45) is 4.99 Å². The Hall–Kier alpha value is -0.950. The van der Waals surface area contributed by atoms with E-state index in [-0.39, 0.29) is 0 Å². The third-order valence-corrected chi connectivity index (χ3v) is 4.65. The van der Waals surface area contributed by atoms with Gasteiger partial charge in [0.2, 0.25) is 0 Å². The normalized spacial score (nSPS) is 13.3. The lowest BCUT2D eigenvalue weighted by Gasteiger charge is -2.05. The Bertz CT molecular complexity index is 665. The summed E-state index contributed by atoms with van der Waals surface area (Å²) in [6.45, 7) is 0.715. The second kappa shape index (κ2) is 5.20. The minimum absolute atomic E-state index is 0.556. The summed E-state index contributed by atoms with van der Waals surface area (Å²) >= 11 is 3.55. The lowest BCUT2D eigenvalue weighted by atomic mass is 10.1. The van der Waals surface area contributed by atoms with Crippen LogP contribution in [0.15, 0.2) is 51.2 Å². The molecule has 0 unspecified atom stereocenters. The van der Waals surface area contributed by atoms with Crippen LogP contribution in [0.3, 0.4) is 0 Å². The molecule has 0 atom stereocenters.